The lowest BCUT2D eigenvalue weighted by Gasteiger charge is -2.24. The number of fused-ring (bicyclic) bond motifs is 1. The summed E-state index contributed by atoms with van der Waals surface area (Å²) in [4.78, 5) is 14.7. The Bertz CT molecular complexity index is 989. The molecule has 134 valence electrons. The highest BCUT2D eigenvalue weighted by Gasteiger charge is 2.29. The van der Waals surface area contributed by atoms with E-state index in [1.165, 1.54) is 12.8 Å². The number of likely N-dealkylation sites (tertiary alicyclic amines) is 1. The molecule has 1 unspecified atom stereocenters. The Morgan fingerprint density at radius 2 is 2.00 bits per heavy atom. The van der Waals surface area contributed by atoms with E-state index in [9.17, 15) is 4.79 Å². The van der Waals surface area contributed by atoms with Crippen molar-refractivity contribution in [1.29, 1.82) is 0 Å². The lowest BCUT2D eigenvalue weighted by molar-refractivity contribution is 0.211. The van der Waals surface area contributed by atoms with Crippen molar-refractivity contribution < 1.29 is 0 Å². The van der Waals surface area contributed by atoms with Gasteiger partial charge in [0.25, 0.3) is 5.56 Å². The van der Waals surface area contributed by atoms with Gasteiger partial charge in [-0.15, -0.1) is 10.2 Å². The fourth-order valence-corrected chi connectivity index (χ4v) is 3.88. The number of hydrogen-bond donors (Lipinski definition) is 0. The van der Waals surface area contributed by atoms with Crippen LogP contribution in [0.2, 0.25) is 0 Å². The summed E-state index contributed by atoms with van der Waals surface area (Å²) in [5.74, 6) is 1.50. The molecular weight excluding hydrogens is 328 g/mol. The number of hydrogen-bond acceptors (Lipinski definition) is 5. The van der Waals surface area contributed by atoms with Crippen molar-refractivity contribution in [3.63, 3.8) is 0 Å². The van der Waals surface area contributed by atoms with Crippen LogP contribution in [0, 0.1) is 0 Å². The minimum absolute atomic E-state index is 0.00539. The van der Waals surface area contributed by atoms with Crippen LogP contribution in [-0.2, 0) is 13.1 Å². The van der Waals surface area contributed by atoms with Crippen LogP contribution in [0.1, 0.15) is 43.1 Å². The van der Waals surface area contributed by atoms with E-state index in [0.717, 1.165) is 43.1 Å². The van der Waals surface area contributed by atoms with Crippen LogP contribution >= 0.6 is 0 Å². The van der Waals surface area contributed by atoms with E-state index >= 15 is 0 Å². The van der Waals surface area contributed by atoms with Crippen molar-refractivity contribution in [1.82, 2.24) is 29.3 Å². The van der Waals surface area contributed by atoms with Gasteiger partial charge in [-0.2, -0.15) is 5.10 Å². The highest BCUT2D eigenvalue weighted by Crippen LogP contribution is 2.38. The molecule has 26 heavy (non-hydrogen) atoms. The average Bonchev–Trinajstić information content (AvgIpc) is 3.30. The molecule has 2 fully saturated rings. The zero-order chi connectivity index (χ0) is 17.5. The molecule has 1 aliphatic heterocycles. The fourth-order valence-electron chi connectivity index (χ4n) is 3.88. The molecule has 3 aromatic rings. The molecule has 2 aliphatic rings. The predicted octanol–water partition coefficient (Wildman–Crippen LogP) is 1.83. The van der Waals surface area contributed by atoms with E-state index in [1.54, 1.807) is 10.7 Å². The third-order valence-corrected chi connectivity index (χ3v) is 5.49. The summed E-state index contributed by atoms with van der Waals surface area (Å²) in [5.41, 5.74) is 1.93. The smallest absolute Gasteiger partial charge is 0.266 e. The Morgan fingerprint density at radius 3 is 2.88 bits per heavy atom. The van der Waals surface area contributed by atoms with Gasteiger partial charge in [-0.1, -0.05) is 6.07 Å². The van der Waals surface area contributed by atoms with Crippen molar-refractivity contribution in [3.8, 4) is 0 Å². The van der Waals surface area contributed by atoms with Gasteiger partial charge in [0, 0.05) is 24.2 Å². The second-order valence-electron chi connectivity index (χ2n) is 7.36. The summed E-state index contributed by atoms with van der Waals surface area (Å²) in [6.45, 7) is 2.41. The highest BCUT2D eigenvalue weighted by atomic mass is 16.1. The van der Waals surface area contributed by atoms with Crippen LogP contribution in [0.5, 0.6) is 0 Å². The largest absolute Gasteiger partial charge is 0.291 e. The fraction of sp³-hybridized carbons (Fsp3) is 0.474. The SMILES string of the molecule is O=c1ccc(C2CC2)nn1CC1CCCN1Cc1nnc2ccccn12. The minimum Gasteiger partial charge on any atom is -0.291 e. The first-order chi connectivity index (χ1) is 12.8. The van der Waals surface area contributed by atoms with Crippen molar-refractivity contribution in [2.24, 2.45) is 0 Å². The zero-order valence-corrected chi connectivity index (χ0v) is 14.7. The Hall–Kier alpha value is -2.54. The third-order valence-electron chi connectivity index (χ3n) is 5.49. The van der Waals surface area contributed by atoms with E-state index in [4.69, 9.17) is 0 Å². The summed E-state index contributed by atoms with van der Waals surface area (Å²) in [7, 11) is 0. The normalized spacial score (nSPS) is 20.8. The summed E-state index contributed by atoms with van der Waals surface area (Å²) in [6.07, 6.45) is 6.61. The summed E-state index contributed by atoms with van der Waals surface area (Å²) in [6, 6.07) is 9.80. The quantitative estimate of drug-likeness (QED) is 0.702. The van der Waals surface area contributed by atoms with Gasteiger partial charge in [-0.3, -0.25) is 14.1 Å². The van der Waals surface area contributed by atoms with Gasteiger partial charge in [0.2, 0.25) is 0 Å². The molecule has 0 amide bonds. The monoisotopic (exact) mass is 350 g/mol. The van der Waals surface area contributed by atoms with Crippen LogP contribution in [-0.4, -0.2) is 41.9 Å². The first-order valence-corrected chi connectivity index (χ1v) is 9.39. The van der Waals surface area contributed by atoms with Crippen LogP contribution in [0.15, 0.2) is 41.3 Å². The van der Waals surface area contributed by atoms with Crippen molar-refractivity contribution in [2.75, 3.05) is 6.54 Å². The van der Waals surface area contributed by atoms with Crippen LogP contribution in [0.25, 0.3) is 5.65 Å². The number of aromatic nitrogens is 5. The van der Waals surface area contributed by atoms with Crippen LogP contribution in [0.4, 0.5) is 0 Å². The predicted molar refractivity (Wildman–Crippen MR) is 96.9 cm³/mol. The molecule has 1 saturated carbocycles. The van der Waals surface area contributed by atoms with E-state index in [2.05, 4.69) is 20.2 Å². The van der Waals surface area contributed by atoms with Gasteiger partial charge in [-0.05, 0) is 50.4 Å². The number of pyridine rings is 1. The minimum atomic E-state index is -0.00539. The Kier molecular flexibility index (Phi) is 3.81. The first kappa shape index (κ1) is 15.7. The van der Waals surface area contributed by atoms with E-state index in [1.807, 2.05) is 34.9 Å². The molecule has 0 spiro atoms. The van der Waals surface area contributed by atoms with Crippen LogP contribution < -0.4 is 5.56 Å². The molecule has 4 heterocycles. The van der Waals surface area contributed by atoms with Gasteiger partial charge in [0.05, 0.1) is 18.8 Å². The maximum Gasteiger partial charge on any atom is 0.266 e. The molecule has 5 rings (SSSR count). The molecule has 7 heteroatoms. The van der Waals surface area contributed by atoms with Gasteiger partial charge in [0.15, 0.2) is 11.5 Å². The maximum atomic E-state index is 12.3. The van der Waals surface area contributed by atoms with E-state index in [-0.39, 0.29) is 5.56 Å². The maximum absolute atomic E-state index is 12.3. The molecular formula is C19H22N6O. The van der Waals surface area contributed by atoms with Gasteiger partial charge in [-0.25, -0.2) is 4.68 Å². The summed E-state index contributed by atoms with van der Waals surface area (Å²) < 4.78 is 3.70. The number of nitrogens with zero attached hydrogens (tertiary/aromatic N) is 6. The Labute approximate surface area is 151 Å². The molecule has 3 aromatic heterocycles. The molecule has 0 aromatic carbocycles. The zero-order valence-electron chi connectivity index (χ0n) is 14.7. The molecule has 0 bridgehead atoms. The average molecular weight is 350 g/mol. The molecule has 7 nitrogen and oxygen atoms in total. The van der Waals surface area contributed by atoms with Gasteiger partial charge < -0.3 is 0 Å². The molecule has 1 aliphatic carbocycles. The highest BCUT2D eigenvalue weighted by molar-refractivity contribution is 5.36. The number of rotatable bonds is 5. The molecule has 1 saturated heterocycles. The second kappa shape index (κ2) is 6.32. The topological polar surface area (TPSA) is 68.3 Å². The van der Waals surface area contributed by atoms with E-state index in [0.29, 0.717) is 18.5 Å². The summed E-state index contributed by atoms with van der Waals surface area (Å²) in [5, 5.41) is 13.2. The van der Waals surface area contributed by atoms with Crippen LogP contribution in [0.3, 0.4) is 0 Å². The standard InChI is InChI=1S/C19H22N6O/c26-19-9-8-16(14-6-7-14)22-25(19)12-15-4-3-10-23(15)13-18-21-20-17-5-1-2-11-24(17)18/h1-2,5,8-9,11,14-15H,3-4,6-7,10,12-13H2. The van der Waals surface area contributed by atoms with Gasteiger partial charge >= 0.3 is 0 Å². The summed E-state index contributed by atoms with van der Waals surface area (Å²) >= 11 is 0. The second-order valence-corrected chi connectivity index (χ2v) is 7.36. The van der Waals surface area contributed by atoms with E-state index < -0.39 is 0 Å². The van der Waals surface area contributed by atoms with Crippen molar-refractivity contribution in [3.05, 3.63) is 58.4 Å². The lowest BCUT2D eigenvalue weighted by atomic mass is 10.2. The van der Waals surface area contributed by atoms with Crippen molar-refractivity contribution >= 4 is 5.65 Å². The van der Waals surface area contributed by atoms with Gasteiger partial charge in [0.1, 0.15) is 0 Å². The Balaban J connectivity index is 1.36. The third kappa shape index (κ3) is 2.92. The molecule has 0 N–H and O–H groups in total. The first-order valence-electron chi connectivity index (χ1n) is 9.39. The molecule has 0 radical (unpaired) electrons. The van der Waals surface area contributed by atoms with Crippen molar-refractivity contribution in [2.45, 2.75) is 50.7 Å². The lowest BCUT2D eigenvalue weighted by Crippen LogP contribution is -2.37. The Morgan fingerprint density at radius 1 is 1.08 bits per heavy atom. The molecule has 1 atom stereocenters.